The number of rotatable bonds is 8. The van der Waals surface area contributed by atoms with Gasteiger partial charge in [0.2, 0.25) is 5.88 Å². The van der Waals surface area contributed by atoms with Crippen molar-refractivity contribution in [2.24, 2.45) is 7.05 Å². The highest BCUT2D eigenvalue weighted by molar-refractivity contribution is 5.76. The molecule has 5 rings (SSSR count). The summed E-state index contributed by atoms with van der Waals surface area (Å²) in [5.74, 6) is 0.693. The minimum Gasteiger partial charge on any atom is -0.471 e. The van der Waals surface area contributed by atoms with Gasteiger partial charge in [-0.25, -0.2) is 4.98 Å². The van der Waals surface area contributed by atoms with E-state index in [9.17, 15) is 20.3 Å². The van der Waals surface area contributed by atoms with E-state index in [-0.39, 0.29) is 18.2 Å². The Balaban J connectivity index is 1.41. The predicted octanol–water partition coefficient (Wildman–Crippen LogP) is 1.09. The molecule has 0 spiro atoms. The Labute approximate surface area is 218 Å². The van der Waals surface area contributed by atoms with Crippen LogP contribution in [0.1, 0.15) is 29.4 Å². The maximum absolute atomic E-state index is 10.9. The number of anilines is 2. The average Bonchev–Trinajstić information content (AvgIpc) is 3.48. The van der Waals surface area contributed by atoms with Gasteiger partial charge in [0.15, 0.2) is 18.3 Å². The van der Waals surface area contributed by atoms with E-state index in [2.05, 4.69) is 25.7 Å². The van der Waals surface area contributed by atoms with Crippen LogP contribution >= 0.6 is 0 Å². The van der Waals surface area contributed by atoms with E-state index in [1.165, 1.54) is 18.5 Å². The van der Waals surface area contributed by atoms with Gasteiger partial charge >= 0.3 is 0 Å². The van der Waals surface area contributed by atoms with Crippen LogP contribution < -0.4 is 20.3 Å². The quantitative estimate of drug-likeness (QED) is 0.243. The molecule has 2 aliphatic heterocycles. The number of nitro benzene ring substituents is 1. The van der Waals surface area contributed by atoms with Gasteiger partial charge in [-0.2, -0.15) is 10.1 Å². The zero-order chi connectivity index (χ0) is 27.1. The predicted molar refractivity (Wildman–Crippen MR) is 135 cm³/mol. The molecule has 5 atom stereocenters. The highest BCUT2D eigenvalue weighted by Gasteiger charge is 2.49. The van der Waals surface area contributed by atoms with Gasteiger partial charge in [-0.15, -0.1) is 0 Å². The summed E-state index contributed by atoms with van der Waals surface area (Å²) in [6, 6.07) is 6.06. The smallest absolute Gasteiger partial charge is 0.269 e. The normalized spacial score (nSPS) is 24.4. The molecule has 4 N–H and O–H groups in total. The van der Waals surface area contributed by atoms with Crippen LogP contribution in [-0.2, 0) is 24.9 Å². The molecule has 1 unspecified atom stereocenters. The molecule has 2 aromatic heterocycles. The summed E-state index contributed by atoms with van der Waals surface area (Å²) in [7, 11) is 1.89. The van der Waals surface area contributed by atoms with Gasteiger partial charge in [-0.05, 0) is 38.5 Å². The molecular weight excluding hydrogens is 496 g/mol. The Morgan fingerprint density at radius 3 is 2.55 bits per heavy atom. The molecule has 1 fully saturated rings. The fourth-order valence-electron chi connectivity index (χ4n) is 4.73. The third kappa shape index (κ3) is 4.62. The summed E-state index contributed by atoms with van der Waals surface area (Å²) in [4.78, 5) is 20.9. The number of hydrogen-bond acceptors (Lipinski definition) is 12. The van der Waals surface area contributed by atoms with Gasteiger partial charge in [-0.1, -0.05) is 0 Å². The first kappa shape index (κ1) is 25.8. The Hall–Kier alpha value is -3.85. The van der Waals surface area contributed by atoms with E-state index in [4.69, 9.17) is 9.47 Å². The van der Waals surface area contributed by atoms with Crippen LogP contribution in [0.25, 0.3) is 0 Å². The number of ether oxygens (including phenoxy) is 2. The molecule has 0 amide bonds. The van der Waals surface area contributed by atoms with Crippen molar-refractivity contribution in [3.05, 3.63) is 63.2 Å². The highest BCUT2D eigenvalue weighted by atomic mass is 16.6. The maximum Gasteiger partial charge on any atom is 0.269 e. The van der Waals surface area contributed by atoms with E-state index >= 15 is 0 Å². The number of nitro groups is 1. The van der Waals surface area contributed by atoms with Crippen molar-refractivity contribution in [3.8, 4) is 5.88 Å². The van der Waals surface area contributed by atoms with Gasteiger partial charge in [-0.3, -0.25) is 25.0 Å². The third-order valence-corrected chi connectivity index (χ3v) is 7.00. The Bertz CT molecular complexity index is 1330. The van der Waals surface area contributed by atoms with Crippen molar-refractivity contribution in [3.63, 3.8) is 0 Å². The number of fused-ring (bicyclic) bond motifs is 1. The molecular formula is C24H30N8O6. The number of hydrogen-bond donors (Lipinski definition) is 4. The monoisotopic (exact) mass is 526 g/mol. The SMILES string of the molecule is Cc1nn(C)c(C)c1CNC1Nc2c(OCc3ccc([N+](=O)[O-])cc3)ncnc2N1[C@@H]1O[C@H](C)[C@@H](O)[C@H]1O. The van der Waals surface area contributed by atoms with Gasteiger partial charge in [0.25, 0.3) is 5.69 Å². The number of nitrogens with one attached hydrogen (secondary N) is 2. The Kier molecular flexibility index (Phi) is 6.88. The number of nitrogens with zero attached hydrogens (tertiary/aromatic N) is 6. The van der Waals surface area contributed by atoms with Crippen molar-refractivity contribution in [1.82, 2.24) is 25.1 Å². The topological polar surface area (TPSA) is 173 Å². The van der Waals surface area contributed by atoms with Crippen molar-refractivity contribution >= 4 is 17.2 Å². The van der Waals surface area contributed by atoms with E-state index < -0.39 is 35.8 Å². The molecule has 0 saturated carbocycles. The summed E-state index contributed by atoms with van der Waals surface area (Å²) in [6.45, 7) is 6.20. The van der Waals surface area contributed by atoms with Gasteiger partial charge in [0.05, 0.1) is 16.7 Å². The lowest BCUT2D eigenvalue weighted by Gasteiger charge is -2.33. The summed E-state index contributed by atoms with van der Waals surface area (Å²) in [5, 5.41) is 43.3. The summed E-state index contributed by atoms with van der Waals surface area (Å²) < 4.78 is 13.7. The molecule has 3 aromatic rings. The summed E-state index contributed by atoms with van der Waals surface area (Å²) in [5.41, 5.74) is 4.15. The van der Waals surface area contributed by atoms with Crippen LogP contribution in [0.3, 0.4) is 0 Å². The van der Waals surface area contributed by atoms with E-state index in [0.29, 0.717) is 18.1 Å². The zero-order valence-corrected chi connectivity index (χ0v) is 21.4. The molecule has 0 aliphatic carbocycles. The number of aromatic nitrogens is 4. The van der Waals surface area contributed by atoms with Gasteiger partial charge in [0, 0.05) is 37.0 Å². The van der Waals surface area contributed by atoms with Crippen molar-refractivity contribution < 1.29 is 24.6 Å². The average molecular weight is 527 g/mol. The molecule has 38 heavy (non-hydrogen) atoms. The van der Waals surface area contributed by atoms with E-state index in [1.54, 1.807) is 24.0 Å². The first-order chi connectivity index (χ1) is 18.2. The Morgan fingerprint density at radius 2 is 1.95 bits per heavy atom. The van der Waals surface area contributed by atoms with E-state index in [0.717, 1.165) is 22.5 Å². The van der Waals surface area contributed by atoms with Crippen LogP contribution in [0.4, 0.5) is 17.2 Å². The number of aliphatic hydroxyl groups excluding tert-OH is 2. The van der Waals surface area contributed by atoms with E-state index in [1.807, 2.05) is 25.6 Å². The first-order valence-corrected chi connectivity index (χ1v) is 12.2. The number of aliphatic hydroxyl groups is 2. The molecule has 202 valence electrons. The fourth-order valence-corrected chi connectivity index (χ4v) is 4.73. The fraction of sp³-hybridized carbons (Fsp3) is 0.458. The molecule has 0 radical (unpaired) electrons. The lowest BCUT2D eigenvalue weighted by Crippen LogP contribution is -2.55. The highest BCUT2D eigenvalue weighted by Crippen LogP contribution is 2.41. The maximum atomic E-state index is 10.9. The first-order valence-electron chi connectivity index (χ1n) is 12.2. The molecule has 1 saturated heterocycles. The molecule has 0 bridgehead atoms. The number of non-ortho nitro benzene ring substituents is 1. The molecule has 1 aromatic carbocycles. The van der Waals surface area contributed by atoms with Crippen LogP contribution in [0.5, 0.6) is 5.88 Å². The molecule has 14 heteroatoms. The Morgan fingerprint density at radius 1 is 1.21 bits per heavy atom. The van der Waals surface area contributed by atoms with Gasteiger partial charge < -0.3 is 25.0 Å². The lowest BCUT2D eigenvalue weighted by molar-refractivity contribution is -0.384. The summed E-state index contributed by atoms with van der Waals surface area (Å²) in [6.07, 6.45) is -2.95. The standard InChI is InChI=1S/C24H30N8O6/c1-12-17(13(2)30(4)29-12)9-25-24-28-18-21(31(24)23-20(34)19(33)14(3)38-23)26-11-27-22(18)37-10-15-5-7-16(8-6-15)32(35)36/h5-8,11,14,19-20,23-25,28,33-34H,9-10H2,1-4H3/t14-,19-,20-,23-,24?/m1/s1. The minimum atomic E-state index is -1.18. The summed E-state index contributed by atoms with van der Waals surface area (Å²) >= 11 is 0. The van der Waals surface area contributed by atoms with Crippen molar-refractivity contribution in [1.29, 1.82) is 0 Å². The van der Waals surface area contributed by atoms with Crippen molar-refractivity contribution in [2.45, 2.75) is 64.8 Å². The molecule has 4 heterocycles. The van der Waals surface area contributed by atoms with Crippen LogP contribution in [-0.4, -0.2) is 65.7 Å². The second-order valence-electron chi connectivity index (χ2n) is 9.41. The largest absolute Gasteiger partial charge is 0.471 e. The van der Waals surface area contributed by atoms with Crippen LogP contribution in [0, 0.1) is 24.0 Å². The minimum absolute atomic E-state index is 0.00599. The number of aryl methyl sites for hydroxylation is 2. The third-order valence-electron chi connectivity index (χ3n) is 7.00. The van der Waals surface area contributed by atoms with Crippen LogP contribution in [0.2, 0.25) is 0 Å². The molecule has 2 aliphatic rings. The van der Waals surface area contributed by atoms with Crippen molar-refractivity contribution in [2.75, 3.05) is 10.2 Å². The lowest BCUT2D eigenvalue weighted by atomic mass is 10.1. The number of benzene rings is 1. The zero-order valence-electron chi connectivity index (χ0n) is 21.4. The van der Waals surface area contributed by atoms with Gasteiger partial charge in [0.1, 0.15) is 30.8 Å². The second kappa shape index (κ2) is 10.1. The second-order valence-corrected chi connectivity index (χ2v) is 9.41. The molecule has 14 nitrogen and oxygen atoms in total. The van der Waals surface area contributed by atoms with Crippen LogP contribution in [0.15, 0.2) is 30.6 Å².